The van der Waals surface area contributed by atoms with E-state index in [-0.39, 0.29) is 5.91 Å². The predicted molar refractivity (Wildman–Crippen MR) is 90.7 cm³/mol. The van der Waals surface area contributed by atoms with Crippen molar-refractivity contribution in [2.75, 3.05) is 25.8 Å². The zero-order valence-corrected chi connectivity index (χ0v) is 14.0. The third-order valence-electron chi connectivity index (χ3n) is 3.02. The lowest BCUT2D eigenvalue weighted by molar-refractivity contribution is 0.102. The SMILES string of the molecule is COc1cc(C(=O)Nc2cccc(SC)c2)cc(Cl)c1OC. The van der Waals surface area contributed by atoms with E-state index in [1.807, 2.05) is 30.5 Å². The van der Waals surface area contributed by atoms with Crippen molar-refractivity contribution in [1.29, 1.82) is 0 Å². The maximum Gasteiger partial charge on any atom is 0.255 e. The first-order chi connectivity index (χ1) is 10.6. The van der Waals surface area contributed by atoms with E-state index >= 15 is 0 Å². The Balaban J connectivity index is 2.27. The lowest BCUT2D eigenvalue weighted by atomic mass is 10.1. The molecule has 0 aromatic heterocycles. The van der Waals surface area contributed by atoms with Crippen LogP contribution in [0.15, 0.2) is 41.3 Å². The lowest BCUT2D eigenvalue weighted by Gasteiger charge is -2.12. The van der Waals surface area contributed by atoms with Gasteiger partial charge in [-0.2, -0.15) is 0 Å². The second-order valence-corrected chi connectivity index (χ2v) is 5.67. The van der Waals surface area contributed by atoms with E-state index in [1.165, 1.54) is 14.2 Å². The van der Waals surface area contributed by atoms with Gasteiger partial charge in [-0.25, -0.2) is 0 Å². The fourth-order valence-electron chi connectivity index (χ4n) is 1.95. The van der Waals surface area contributed by atoms with Crippen LogP contribution in [-0.2, 0) is 0 Å². The van der Waals surface area contributed by atoms with Crippen molar-refractivity contribution in [1.82, 2.24) is 0 Å². The van der Waals surface area contributed by atoms with E-state index in [0.717, 1.165) is 10.6 Å². The number of amides is 1. The monoisotopic (exact) mass is 337 g/mol. The van der Waals surface area contributed by atoms with Crippen LogP contribution in [0.2, 0.25) is 5.02 Å². The largest absolute Gasteiger partial charge is 0.493 e. The van der Waals surface area contributed by atoms with Gasteiger partial charge >= 0.3 is 0 Å². The smallest absolute Gasteiger partial charge is 0.255 e. The molecule has 0 bridgehead atoms. The van der Waals surface area contributed by atoms with Gasteiger partial charge in [-0.3, -0.25) is 4.79 Å². The Morgan fingerprint density at radius 1 is 1.18 bits per heavy atom. The molecule has 1 amide bonds. The fourth-order valence-corrected chi connectivity index (χ4v) is 2.70. The Morgan fingerprint density at radius 3 is 2.59 bits per heavy atom. The van der Waals surface area contributed by atoms with Crippen LogP contribution in [0.4, 0.5) is 5.69 Å². The Bertz CT molecular complexity index is 691. The molecule has 0 atom stereocenters. The molecule has 0 aliphatic heterocycles. The first-order valence-electron chi connectivity index (χ1n) is 6.46. The van der Waals surface area contributed by atoms with E-state index in [0.29, 0.717) is 22.1 Å². The summed E-state index contributed by atoms with van der Waals surface area (Å²) in [7, 11) is 3.00. The first kappa shape index (κ1) is 16.5. The molecule has 0 aliphatic carbocycles. The van der Waals surface area contributed by atoms with E-state index in [2.05, 4.69) is 5.32 Å². The minimum absolute atomic E-state index is 0.263. The molecule has 0 heterocycles. The third kappa shape index (κ3) is 3.67. The summed E-state index contributed by atoms with van der Waals surface area (Å²) in [6.07, 6.45) is 1.98. The van der Waals surface area contributed by atoms with E-state index in [4.69, 9.17) is 21.1 Å². The number of halogens is 1. The average Bonchev–Trinajstić information content (AvgIpc) is 2.54. The molecule has 22 heavy (non-hydrogen) atoms. The highest BCUT2D eigenvalue weighted by Gasteiger charge is 2.15. The third-order valence-corrected chi connectivity index (χ3v) is 4.03. The highest BCUT2D eigenvalue weighted by molar-refractivity contribution is 7.98. The van der Waals surface area contributed by atoms with Crippen molar-refractivity contribution in [3.05, 3.63) is 47.0 Å². The maximum atomic E-state index is 12.4. The minimum atomic E-state index is -0.263. The summed E-state index contributed by atoms with van der Waals surface area (Å²) in [6, 6.07) is 10.8. The van der Waals surface area contributed by atoms with Gasteiger partial charge in [0.1, 0.15) is 0 Å². The summed E-state index contributed by atoms with van der Waals surface area (Å²) in [5, 5.41) is 3.17. The fraction of sp³-hybridized carbons (Fsp3) is 0.188. The van der Waals surface area contributed by atoms with Gasteiger partial charge in [0.2, 0.25) is 0 Å². The minimum Gasteiger partial charge on any atom is -0.493 e. The number of ether oxygens (including phenoxy) is 2. The number of rotatable bonds is 5. The van der Waals surface area contributed by atoms with E-state index < -0.39 is 0 Å². The van der Waals surface area contributed by atoms with Crippen molar-refractivity contribution in [3.63, 3.8) is 0 Å². The van der Waals surface area contributed by atoms with Crippen LogP contribution in [0.1, 0.15) is 10.4 Å². The summed E-state index contributed by atoms with van der Waals surface area (Å²) in [4.78, 5) is 13.4. The van der Waals surface area contributed by atoms with Crippen LogP contribution in [0, 0.1) is 0 Å². The quantitative estimate of drug-likeness (QED) is 0.825. The molecular formula is C16H16ClNO3S. The molecule has 0 spiro atoms. The Labute approximate surface area is 138 Å². The van der Waals surface area contributed by atoms with Crippen LogP contribution in [0.25, 0.3) is 0 Å². The second kappa shape index (κ2) is 7.42. The van der Waals surface area contributed by atoms with E-state index in [1.54, 1.807) is 23.9 Å². The number of anilines is 1. The lowest BCUT2D eigenvalue weighted by Crippen LogP contribution is -2.12. The summed E-state index contributed by atoms with van der Waals surface area (Å²) in [5.41, 5.74) is 1.12. The molecule has 0 aliphatic rings. The van der Waals surface area contributed by atoms with Gasteiger partial charge < -0.3 is 14.8 Å². The number of nitrogens with one attached hydrogen (secondary N) is 1. The first-order valence-corrected chi connectivity index (χ1v) is 8.06. The van der Waals surface area contributed by atoms with Gasteiger partial charge in [-0.15, -0.1) is 11.8 Å². The zero-order valence-electron chi connectivity index (χ0n) is 12.5. The number of benzene rings is 2. The molecule has 4 nitrogen and oxygen atoms in total. The normalized spacial score (nSPS) is 10.2. The van der Waals surface area contributed by atoms with Gasteiger partial charge in [0.05, 0.1) is 19.2 Å². The number of methoxy groups -OCH3 is 2. The van der Waals surface area contributed by atoms with Crippen LogP contribution in [-0.4, -0.2) is 26.4 Å². The Hall–Kier alpha value is -1.85. The molecule has 2 aromatic rings. The maximum absolute atomic E-state index is 12.4. The highest BCUT2D eigenvalue weighted by atomic mass is 35.5. The molecule has 0 radical (unpaired) electrons. The molecule has 0 fully saturated rings. The Kier molecular flexibility index (Phi) is 5.57. The molecule has 2 rings (SSSR count). The molecule has 0 saturated carbocycles. The standard InChI is InChI=1S/C16H16ClNO3S/c1-20-14-8-10(7-13(17)15(14)21-2)16(19)18-11-5-4-6-12(9-11)22-3/h4-9H,1-3H3,(H,18,19). The summed E-state index contributed by atoms with van der Waals surface area (Å²) in [6.45, 7) is 0. The second-order valence-electron chi connectivity index (χ2n) is 4.38. The van der Waals surface area contributed by atoms with Crippen molar-refractivity contribution in [2.45, 2.75) is 4.90 Å². The van der Waals surface area contributed by atoms with Crippen LogP contribution in [0.3, 0.4) is 0 Å². The number of hydrogen-bond acceptors (Lipinski definition) is 4. The molecule has 6 heteroatoms. The van der Waals surface area contributed by atoms with Gasteiger partial charge in [0.15, 0.2) is 11.5 Å². The molecule has 1 N–H and O–H groups in total. The summed E-state index contributed by atoms with van der Waals surface area (Å²) in [5.74, 6) is 0.559. The van der Waals surface area contributed by atoms with E-state index in [9.17, 15) is 4.79 Å². The molecule has 2 aromatic carbocycles. The Morgan fingerprint density at radius 2 is 1.95 bits per heavy atom. The van der Waals surface area contributed by atoms with Gasteiger partial charge in [-0.05, 0) is 36.6 Å². The number of thioether (sulfide) groups is 1. The number of carbonyl (C=O) groups is 1. The van der Waals surface area contributed by atoms with Gasteiger partial charge in [-0.1, -0.05) is 17.7 Å². The van der Waals surface area contributed by atoms with Gasteiger partial charge in [0.25, 0.3) is 5.91 Å². The number of hydrogen-bond donors (Lipinski definition) is 1. The van der Waals surface area contributed by atoms with Crippen LogP contribution in [0.5, 0.6) is 11.5 Å². The number of carbonyl (C=O) groups excluding carboxylic acids is 1. The van der Waals surface area contributed by atoms with Gasteiger partial charge in [0, 0.05) is 16.1 Å². The molecule has 116 valence electrons. The molecule has 0 saturated heterocycles. The topological polar surface area (TPSA) is 47.6 Å². The molecular weight excluding hydrogens is 322 g/mol. The predicted octanol–water partition coefficient (Wildman–Crippen LogP) is 4.33. The van der Waals surface area contributed by atoms with Crippen molar-refractivity contribution < 1.29 is 14.3 Å². The van der Waals surface area contributed by atoms with Crippen LogP contribution < -0.4 is 14.8 Å². The van der Waals surface area contributed by atoms with Crippen molar-refractivity contribution in [2.24, 2.45) is 0 Å². The average molecular weight is 338 g/mol. The van der Waals surface area contributed by atoms with Crippen molar-refractivity contribution >= 4 is 35.0 Å². The highest BCUT2D eigenvalue weighted by Crippen LogP contribution is 2.36. The molecule has 0 unspecified atom stereocenters. The summed E-state index contributed by atoms with van der Waals surface area (Å²) < 4.78 is 10.4. The van der Waals surface area contributed by atoms with Crippen molar-refractivity contribution in [3.8, 4) is 11.5 Å². The van der Waals surface area contributed by atoms with Crippen LogP contribution >= 0.6 is 23.4 Å². The zero-order chi connectivity index (χ0) is 16.1. The summed E-state index contributed by atoms with van der Waals surface area (Å²) >= 11 is 7.73.